The van der Waals surface area contributed by atoms with Crippen molar-refractivity contribution >= 4 is 11.8 Å². The van der Waals surface area contributed by atoms with E-state index in [0.717, 1.165) is 21.6 Å². The van der Waals surface area contributed by atoms with Crippen LogP contribution in [-0.4, -0.2) is 49.5 Å². The lowest BCUT2D eigenvalue weighted by atomic mass is 10.0. The molecule has 1 aliphatic heterocycles. The van der Waals surface area contributed by atoms with Crippen LogP contribution < -0.4 is 9.47 Å². The lowest BCUT2D eigenvalue weighted by Crippen LogP contribution is -2.42. The second kappa shape index (κ2) is 14.7. The Hall–Kier alpha value is -3.33. The molecule has 6 nitrogen and oxygen atoms in total. The zero-order valence-corrected chi connectivity index (χ0v) is 25.0. The second-order valence-corrected chi connectivity index (χ2v) is 11.6. The minimum Gasteiger partial charge on any atom is -0.497 e. The number of rotatable bonds is 13. The van der Waals surface area contributed by atoms with Crippen LogP contribution in [0.15, 0.2) is 108 Å². The first-order valence-electron chi connectivity index (χ1n) is 14.1. The molecule has 7 heteroatoms. The molecule has 0 unspecified atom stereocenters. The average Bonchev–Trinajstić information content (AvgIpc) is 3.39. The van der Waals surface area contributed by atoms with Crippen molar-refractivity contribution in [3.05, 3.63) is 125 Å². The van der Waals surface area contributed by atoms with Crippen molar-refractivity contribution in [3.8, 4) is 11.5 Å². The molecule has 220 valence electrons. The van der Waals surface area contributed by atoms with Crippen LogP contribution in [0, 0.1) is 6.92 Å². The van der Waals surface area contributed by atoms with Gasteiger partial charge in [-0.25, -0.2) is 0 Å². The van der Waals surface area contributed by atoms with E-state index in [2.05, 4.69) is 31.2 Å². The summed E-state index contributed by atoms with van der Waals surface area (Å²) in [7, 11) is 3.29. The molecule has 5 atom stereocenters. The van der Waals surface area contributed by atoms with E-state index in [1.54, 1.807) is 26.0 Å². The van der Waals surface area contributed by atoms with Crippen molar-refractivity contribution in [3.63, 3.8) is 0 Å². The third-order valence-corrected chi connectivity index (χ3v) is 8.68. The summed E-state index contributed by atoms with van der Waals surface area (Å²) in [4.78, 5) is 1.09. The summed E-state index contributed by atoms with van der Waals surface area (Å²) in [5, 5.41) is 11.3. The van der Waals surface area contributed by atoms with E-state index in [0.29, 0.717) is 24.7 Å². The Morgan fingerprint density at radius 2 is 1.48 bits per heavy atom. The number of aliphatic hydroxyl groups excluding tert-OH is 1. The summed E-state index contributed by atoms with van der Waals surface area (Å²) < 4.78 is 30.7. The van der Waals surface area contributed by atoms with E-state index < -0.39 is 24.4 Å². The molecule has 0 bridgehead atoms. The van der Waals surface area contributed by atoms with E-state index in [1.807, 2.05) is 78.9 Å². The maximum Gasteiger partial charge on any atom is 0.124 e. The molecule has 1 saturated heterocycles. The first kappa shape index (κ1) is 30.1. The van der Waals surface area contributed by atoms with Crippen molar-refractivity contribution in [1.29, 1.82) is 0 Å². The number of methoxy groups -OCH3 is 2. The number of thioether (sulfide) groups is 1. The molecule has 5 rings (SSSR count). The van der Waals surface area contributed by atoms with Crippen molar-refractivity contribution in [2.75, 3.05) is 20.8 Å². The number of aliphatic hydroxyl groups is 1. The van der Waals surface area contributed by atoms with E-state index in [-0.39, 0.29) is 11.9 Å². The Kier molecular flexibility index (Phi) is 10.6. The second-order valence-electron chi connectivity index (χ2n) is 10.4. The molecule has 0 aromatic heterocycles. The summed E-state index contributed by atoms with van der Waals surface area (Å²) in [5.41, 5.74) is 4.12. The Morgan fingerprint density at radius 3 is 2.12 bits per heavy atom. The molecule has 0 radical (unpaired) electrons. The van der Waals surface area contributed by atoms with Gasteiger partial charge in [-0.15, -0.1) is 11.8 Å². The monoisotopic (exact) mass is 586 g/mol. The maximum absolute atomic E-state index is 11.5. The van der Waals surface area contributed by atoms with Crippen LogP contribution in [0.25, 0.3) is 0 Å². The van der Waals surface area contributed by atoms with Crippen molar-refractivity contribution in [2.24, 2.45) is 0 Å². The van der Waals surface area contributed by atoms with Crippen molar-refractivity contribution in [2.45, 2.75) is 54.7 Å². The quantitative estimate of drug-likeness (QED) is 0.185. The Bertz CT molecular complexity index is 1380. The number of ether oxygens (including phenoxy) is 5. The molecule has 1 aliphatic rings. The van der Waals surface area contributed by atoms with Crippen LogP contribution in [0.1, 0.15) is 28.4 Å². The Labute approximate surface area is 252 Å². The fraction of sp³-hybridized carbons (Fsp3) is 0.314. The molecule has 1 fully saturated rings. The Balaban J connectivity index is 1.47. The van der Waals surface area contributed by atoms with Crippen molar-refractivity contribution in [1.82, 2.24) is 0 Å². The summed E-state index contributed by atoms with van der Waals surface area (Å²) in [6, 6.07) is 34.1. The van der Waals surface area contributed by atoms with E-state index >= 15 is 0 Å². The summed E-state index contributed by atoms with van der Waals surface area (Å²) in [5.74, 6) is 1.39. The number of hydrogen-bond acceptors (Lipinski definition) is 7. The molecule has 4 aromatic rings. The predicted octanol–water partition coefficient (Wildman–Crippen LogP) is 6.78. The molecule has 42 heavy (non-hydrogen) atoms. The van der Waals surface area contributed by atoms with Gasteiger partial charge in [-0.3, -0.25) is 0 Å². The number of hydrogen-bond donors (Lipinski definition) is 1. The normalized spacial score (nSPS) is 20.8. The van der Waals surface area contributed by atoms with Gasteiger partial charge in [-0.05, 0) is 48.4 Å². The van der Waals surface area contributed by atoms with E-state index in [9.17, 15) is 5.11 Å². The highest BCUT2D eigenvalue weighted by Crippen LogP contribution is 2.48. The van der Waals surface area contributed by atoms with Gasteiger partial charge in [-0.1, -0.05) is 78.4 Å². The van der Waals surface area contributed by atoms with E-state index in [4.69, 9.17) is 23.7 Å². The van der Waals surface area contributed by atoms with Gasteiger partial charge in [-0.2, -0.15) is 0 Å². The van der Waals surface area contributed by atoms with Gasteiger partial charge in [0, 0.05) is 10.5 Å². The van der Waals surface area contributed by atoms with Crippen LogP contribution in [0.5, 0.6) is 11.5 Å². The third-order valence-electron chi connectivity index (χ3n) is 7.35. The lowest BCUT2D eigenvalue weighted by Gasteiger charge is -2.27. The highest BCUT2D eigenvalue weighted by molar-refractivity contribution is 8.00. The maximum atomic E-state index is 11.5. The molecule has 0 spiro atoms. The molecule has 1 heterocycles. The lowest BCUT2D eigenvalue weighted by molar-refractivity contribution is -0.110. The molecule has 0 saturated carbocycles. The van der Waals surface area contributed by atoms with Gasteiger partial charge in [0.15, 0.2) is 0 Å². The first-order valence-corrected chi connectivity index (χ1v) is 15.0. The van der Waals surface area contributed by atoms with Gasteiger partial charge in [0.25, 0.3) is 0 Å². The minimum absolute atomic E-state index is 0.106. The van der Waals surface area contributed by atoms with Gasteiger partial charge >= 0.3 is 0 Å². The van der Waals surface area contributed by atoms with Gasteiger partial charge in [0.05, 0.1) is 39.3 Å². The average molecular weight is 587 g/mol. The summed E-state index contributed by atoms with van der Waals surface area (Å²) in [6.45, 7) is 2.96. The minimum atomic E-state index is -0.919. The fourth-order valence-corrected chi connectivity index (χ4v) is 6.44. The zero-order chi connectivity index (χ0) is 29.3. The predicted molar refractivity (Wildman–Crippen MR) is 165 cm³/mol. The summed E-state index contributed by atoms with van der Waals surface area (Å²) >= 11 is 1.68. The largest absolute Gasteiger partial charge is 0.497 e. The smallest absolute Gasteiger partial charge is 0.124 e. The van der Waals surface area contributed by atoms with Crippen LogP contribution in [0.4, 0.5) is 0 Å². The van der Waals surface area contributed by atoms with Crippen LogP contribution >= 0.6 is 11.8 Å². The van der Waals surface area contributed by atoms with Gasteiger partial charge in [0.2, 0.25) is 0 Å². The zero-order valence-electron chi connectivity index (χ0n) is 24.2. The molecule has 0 amide bonds. The van der Waals surface area contributed by atoms with Crippen LogP contribution in [-0.2, 0) is 27.4 Å². The molecule has 4 aromatic carbocycles. The topological polar surface area (TPSA) is 66.4 Å². The Morgan fingerprint density at radius 1 is 0.810 bits per heavy atom. The molecule has 1 N–H and O–H groups in total. The molecular weight excluding hydrogens is 548 g/mol. The molecule has 0 aliphatic carbocycles. The SMILES string of the molecule is COc1ccc(OC)c([C@@H]2O[C@H]([C@H](O)COCc3ccccc3)[C@H](OCc3ccccc3)[C@H]2Sc2ccc(C)cc2)c1. The highest BCUT2D eigenvalue weighted by Gasteiger charge is 2.50. The first-order chi connectivity index (χ1) is 20.6. The fourth-order valence-electron chi connectivity index (χ4n) is 5.13. The highest BCUT2D eigenvalue weighted by atomic mass is 32.2. The number of aryl methyl sites for hydroxylation is 1. The third kappa shape index (κ3) is 7.54. The van der Waals surface area contributed by atoms with Gasteiger partial charge in [0.1, 0.15) is 35.9 Å². The van der Waals surface area contributed by atoms with Gasteiger partial charge < -0.3 is 28.8 Å². The van der Waals surface area contributed by atoms with Crippen LogP contribution in [0.2, 0.25) is 0 Å². The number of benzene rings is 4. The van der Waals surface area contributed by atoms with Crippen molar-refractivity contribution < 1.29 is 28.8 Å². The van der Waals surface area contributed by atoms with Crippen LogP contribution in [0.3, 0.4) is 0 Å². The standard InChI is InChI=1S/C35H38O6S/c1-24-14-17-28(18-15-24)42-35-32(29-20-27(37-2)16-19-31(29)38-3)41-33(34(35)40-22-26-12-8-5-9-13-26)30(36)23-39-21-25-10-6-4-7-11-25/h4-20,30,32-36H,21-23H2,1-3H3/t30-,32+,33-,34+,35+/m1/s1. The summed E-state index contributed by atoms with van der Waals surface area (Å²) in [6.07, 6.45) is -2.46. The van der Waals surface area contributed by atoms with E-state index in [1.165, 1.54) is 5.56 Å². The molecular formula is C35H38O6S.